The summed E-state index contributed by atoms with van der Waals surface area (Å²) in [6, 6.07) is 1.13. The minimum Gasteiger partial charge on any atom is -0.244 e. The zero-order valence-corrected chi connectivity index (χ0v) is 7.41. The Labute approximate surface area is 78.3 Å². The molecule has 0 aromatic carbocycles. The van der Waals surface area contributed by atoms with Gasteiger partial charge in [0.05, 0.1) is 0 Å². The van der Waals surface area contributed by atoms with E-state index >= 15 is 0 Å². The van der Waals surface area contributed by atoms with Crippen LogP contribution in [0.1, 0.15) is 17.6 Å². The largest absolute Gasteiger partial charge is 0.264 e. The van der Waals surface area contributed by atoms with Crippen molar-refractivity contribution in [3.05, 3.63) is 28.5 Å². The maximum absolute atomic E-state index is 12.2. The van der Waals surface area contributed by atoms with Crippen LogP contribution in [0.2, 0.25) is 5.15 Å². The van der Waals surface area contributed by atoms with Gasteiger partial charge in [-0.2, -0.15) is 0 Å². The van der Waals surface area contributed by atoms with Gasteiger partial charge < -0.3 is 0 Å². The van der Waals surface area contributed by atoms with Gasteiger partial charge >= 0.3 is 0 Å². The summed E-state index contributed by atoms with van der Waals surface area (Å²) in [7, 11) is 0. The van der Waals surface area contributed by atoms with Crippen LogP contribution in [-0.2, 0) is 5.88 Å². The molecule has 0 aliphatic carbocycles. The highest BCUT2D eigenvalue weighted by molar-refractivity contribution is 6.29. The van der Waals surface area contributed by atoms with E-state index in [9.17, 15) is 8.78 Å². The lowest BCUT2D eigenvalue weighted by molar-refractivity contribution is 0.150. The van der Waals surface area contributed by atoms with Gasteiger partial charge in [0.15, 0.2) is 0 Å². The first-order chi connectivity index (χ1) is 5.65. The van der Waals surface area contributed by atoms with E-state index in [1.54, 1.807) is 0 Å². The van der Waals surface area contributed by atoms with E-state index in [1.807, 2.05) is 0 Å². The van der Waals surface area contributed by atoms with Gasteiger partial charge in [-0.05, 0) is 11.6 Å². The number of rotatable bonds is 2. The van der Waals surface area contributed by atoms with Crippen molar-refractivity contribution < 1.29 is 8.78 Å². The van der Waals surface area contributed by atoms with Crippen LogP contribution in [0.3, 0.4) is 0 Å². The van der Waals surface area contributed by atoms with Gasteiger partial charge in [-0.3, -0.25) is 0 Å². The third-order valence-electron chi connectivity index (χ3n) is 1.37. The van der Waals surface area contributed by atoms with Gasteiger partial charge in [-0.15, -0.1) is 11.6 Å². The Balaban J connectivity index is 3.12. The fourth-order valence-electron chi connectivity index (χ4n) is 0.787. The minimum absolute atomic E-state index is 0.0177. The van der Waals surface area contributed by atoms with Crippen LogP contribution in [0, 0.1) is 0 Å². The maximum Gasteiger partial charge on any atom is 0.264 e. The van der Waals surface area contributed by atoms with E-state index in [1.165, 1.54) is 6.20 Å². The third-order valence-corrected chi connectivity index (χ3v) is 1.86. The molecule has 1 heterocycles. The topological polar surface area (TPSA) is 12.9 Å². The molecule has 1 rings (SSSR count). The van der Waals surface area contributed by atoms with E-state index in [0.29, 0.717) is 5.56 Å². The molecule has 0 N–H and O–H groups in total. The van der Waals surface area contributed by atoms with Crippen LogP contribution < -0.4 is 0 Å². The molecule has 1 aromatic rings. The highest BCUT2D eigenvalue weighted by Crippen LogP contribution is 2.25. The van der Waals surface area contributed by atoms with Crippen molar-refractivity contribution >= 4 is 23.2 Å². The Hall–Kier alpha value is -0.410. The summed E-state index contributed by atoms with van der Waals surface area (Å²) in [4.78, 5) is 3.64. The van der Waals surface area contributed by atoms with Crippen LogP contribution in [0.25, 0.3) is 0 Å². The number of alkyl halides is 3. The van der Waals surface area contributed by atoms with Gasteiger partial charge in [-0.25, -0.2) is 13.8 Å². The predicted molar refractivity (Wildman–Crippen MR) is 43.8 cm³/mol. The smallest absolute Gasteiger partial charge is 0.244 e. The Morgan fingerprint density at radius 2 is 2.17 bits per heavy atom. The fraction of sp³-hybridized carbons (Fsp3) is 0.286. The molecular weight excluding hydrogens is 207 g/mol. The number of hydrogen-bond acceptors (Lipinski definition) is 1. The van der Waals surface area contributed by atoms with E-state index in [-0.39, 0.29) is 16.6 Å². The normalized spacial score (nSPS) is 10.8. The average Bonchev–Trinajstić information content (AvgIpc) is 2.04. The number of nitrogens with zero attached hydrogens (tertiary/aromatic N) is 1. The second-order valence-corrected chi connectivity index (χ2v) is 2.79. The first-order valence-electron chi connectivity index (χ1n) is 3.13. The molecule has 1 nitrogen and oxygen atoms in total. The molecule has 1 aromatic heterocycles. The van der Waals surface area contributed by atoms with Gasteiger partial charge in [0, 0.05) is 17.6 Å². The lowest BCUT2D eigenvalue weighted by Crippen LogP contribution is -1.93. The molecule has 0 atom stereocenters. The van der Waals surface area contributed by atoms with Gasteiger partial charge in [0.1, 0.15) is 5.15 Å². The van der Waals surface area contributed by atoms with Crippen LogP contribution in [0.4, 0.5) is 8.78 Å². The minimum atomic E-state index is -2.56. The molecule has 0 aliphatic heterocycles. The van der Waals surface area contributed by atoms with Crippen molar-refractivity contribution in [1.82, 2.24) is 4.98 Å². The predicted octanol–water partition coefficient (Wildman–Crippen LogP) is 3.41. The lowest BCUT2D eigenvalue weighted by Gasteiger charge is -2.04. The molecule has 0 unspecified atom stereocenters. The molecule has 0 fully saturated rings. The van der Waals surface area contributed by atoms with Crippen LogP contribution in [0.5, 0.6) is 0 Å². The summed E-state index contributed by atoms with van der Waals surface area (Å²) in [5.41, 5.74) is 0.168. The molecule has 0 saturated heterocycles. The number of pyridine rings is 1. The number of halogens is 4. The van der Waals surface area contributed by atoms with Crippen molar-refractivity contribution in [1.29, 1.82) is 0 Å². The average molecular weight is 212 g/mol. The fourth-order valence-corrected chi connectivity index (χ4v) is 1.18. The molecule has 66 valence electrons. The Bertz CT molecular complexity index is 278. The van der Waals surface area contributed by atoms with Crippen LogP contribution in [-0.4, -0.2) is 4.98 Å². The Morgan fingerprint density at radius 3 is 2.67 bits per heavy atom. The number of hydrogen-bond donors (Lipinski definition) is 0. The Kier molecular flexibility index (Phi) is 3.23. The van der Waals surface area contributed by atoms with E-state index in [4.69, 9.17) is 23.2 Å². The van der Waals surface area contributed by atoms with Crippen molar-refractivity contribution in [2.75, 3.05) is 0 Å². The summed E-state index contributed by atoms with van der Waals surface area (Å²) >= 11 is 10.8. The van der Waals surface area contributed by atoms with E-state index in [2.05, 4.69) is 4.98 Å². The van der Waals surface area contributed by atoms with E-state index in [0.717, 1.165) is 6.07 Å². The van der Waals surface area contributed by atoms with Gasteiger partial charge in [0.25, 0.3) is 6.43 Å². The molecule has 0 amide bonds. The molecular formula is C7H5Cl2F2N. The summed E-state index contributed by atoms with van der Waals surface area (Å²) < 4.78 is 24.5. The first-order valence-corrected chi connectivity index (χ1v) is 4.05. The quantitative estimate of drug-likeness (QED) is 0.540. The SMILES string of the molecule is FC(F)c1cc(Cl)ncc1CCl. The number of aromatic nitrogens is 1. The van der Waals surface area contributed by atoms with Crippen molar-refractivity contribution in [2.24, 2.45) is 0 Å². The zero-order valence-electron chi connectivity index (χ0n) is 5.90. The molecule has 0 saturated carbocycles. The van der Waals surface area contributed by atoms with Crippen LogP contribution in [0.15, 0.2) is 12.3 Å². The highest BCUT2D eigenvalue weighted by atomic mass is 35.5. The standard InChI is InChI=1S/C7H5Cl2F2N/c8-2-4-3-12-6(9)1-5(4)7(10)11/h1,3,7H,2H2. The van der Waals surface area contributed by atoms with Crippen molar-refractivity contribution in [3.8, 4) is 0 Å². The molecule has 0 bridgehead atoms. The summed E-state index contributed by atoms with van der Waals surface area (Å²) in [5, 5.41) is 0.0548. The first kappa shape index (κ1) is 9.68. The summed E-state index contributed by atoms with van der Waals surface area (Å²) in [6.45, 7) is 0. The van der Waals surface area contributed by atoms with Crippen LogP contribution >= 0.6 is 23.2 Å². The van der Waals surface area contributed by atoms with Crippen molar-refractivity contribution in [3.63, 3.8) is 0 Å². The Morgan fingerprint density at radius 1 is 1.50 bits per heavy atom. The molecule has 0 spiro atoms. The van der Waals surface area contributed by atoms with Gasteiger partial charge in [-0.1, -0.05) is 11.6 Å². The molecule has 0 radical (unpaired) electrons. The molecule has 12 heavy (non-hydrogen) atoms. The molecule has 0 aliphatic rings. The van der Waals surface area contributed by atoms with E-state index < -0.39 is 6.43 Å². The second kappa shape index (κ2) is 4.01. The monoisotopic (exact) mass is 211 g/mol. The molecule has 5 heteroatoms. The third kappa shape index (κ3) is 2.05. The van der Waals surface area contributed by atoms with Crippen molar-refractivity contribution in [2.45, 2.75) is 12.3 Å². The van der Waals surface area contributed by atoms with Gasteiger partial charge in [0.2, 0.25) is 0 Å². The summed E-state index contributed by atoms with van der Waals surface area (Å²) in [6.07, 6.45) is -1.30. The lowest BCUT2D eigenvalue weighted by atomic mass is 10.2. The zero-order chi connectivity index (χ0) is 9.14. The second-order valence-electron chi connectivity index (χ2n) is 2.14. The maximum atomic E-state index is 12.2. The summed E-state index contributed by atoms with van der Waals surface area (Å²) in [5.74, 6) is 0.0177. The highest BCUT2D eigenvalue weighted by Gasteiger charge is 2.12.